The molecular formula is C8H8F3NOS. The maximum Gasteiger partial charge on any atom is 0.419 e. The molecule has 0 bridgehead atoms. The van der Waals surface area contributed by atoms with Crippen LogP contribution in [0.4, 0.5) is 13.2 Å². The van der Waals surface area contributed by atoms with Gasteiger partial charge in [0.2, 0.25) is 0 Å². The lowest BCUT2D eigenvalue weighted by atomic mass is 10.2. The molecule has 0 N–H and O–H groups in total. The Balaban J connectivity index is 3.07. The molecule has 0 saturated heterocycles. The molecule has 1 atom stereocenters. The molecule has 0 aliphatic heterocycles. The Morgan fingerprint density at radius 3 is 2.29 bits per heavy atom. The zero-order chi connectivity index (χ0) is 10.9. The van der Waals surface area contributed by atoms with Crippen molar-refractivity contribution in [3.63, 3.8) is 0 Å². The first kappa shape index (κ1) is 11.5. The molecule has 0 fully saturated rings. The van der Waals surface area contributed by atoms with Crippen molar-refractivity contribution in [3.8, 4) is 0 Å². The van der Waals surface area contributed by atoms with E-state index >= 15 is 0 Å². The number of alkyl halides is 3. The van der Waals surface area contributed by atoms with Crippen molar-refractivity contribution >= 4 is 11.3 Å². The lowest BCUT2D eigenvalue weighted by molar-refractivity contribution is -0.209. The fourth-order valence-corrected chi connectivity index (χ4v) is 2.07. The summed E-state index contributed by atoms with van der Waals surface area (Å²) >= 11 is 0.938. The van der Waals surface area contributed by atoms with E-state index < -0.39 is 12.3 Å². The van der Waals surface area contributed by atoms with Crippen molar-refractivity contribution in [2.75, 3.05) is 0 Å². The number of hydrogen-bond donors (Lipinski definition) is 0. The first-order valence-electron chi connectivity index (χ1n) is 3.72. The number of halogens is 3. The van der Waals surface area contributed by atoms with Gasteiger partial charge in [0.25, 0.3) is 0 Å². The summed E-state index contributed by atoms with van der Waals surface area (Å²) in [4.78, 5) is 3.89. The van der Waals surface area contributed by atoms with E-state index in [0.717, 1.165) is 11.3 Å². The van der Waals surface area contributed by atoms with Gasteiger partial charge in [-0.2, -0.15) is 13.2 Å². The van der Waals surface area contributed by atoms with Crippen LogP contribution in [-0.4, -0.2) is 11.2 Å². The fourth-order valence-electron chi connectivity index (χ4n) is 1.08. The number of rotatable bonds is 2. The van der Waals surface area contributed by atoms with Crippen molar-refractivity contribution in [3.05, 3.63) is 22.7 Å². The minimum atomic E-state index is -4.50. The molecule has 1 aromatic heterocycles. The van der Waals surface area contributed by atoms with Gasteiger partial charge in [-0.3, -0.25) is 0 Å². The van der Waals surface area contributed by atoms with Crippen molar-refractivity contribution in [1.82, 2.24) is 4.98 Å². The molecule has 0 spiro atoms. The van der Waals surface area contributed by atoms with E-state index in [-0.39, 0.29) is 4.88 Å². The van der Waals surface area contributed by atoms with E-state index in [1.54, 1.807) is 6.92 Å². The lowest BCUT2D eigenvalue weighted by Crippen LogP contribution is -2.21. The van der Waals surface area contributed by atoms with Gasteiger partial charge in [-0.05, 0) is 13.8 Å². The molecule has 6 heteroatoms. The third-order valence-electron chi connectivity index (χ3n) is 1.61. The van der Waals surface area contributed by atoms with Crippen molar-refractivity contribution in [1.29, 1.82) is 0 Å². The molecule has 1 unspecified atom stereocenters. The quantitative estimate of drug-likeness (QED) is 0.768. The molecular weight excluding hydrogens is 215 g/mol. The molecule has 0 aliphatic carbocycles. The minimum Gasteiger partial charge on any atom is -0.354 e. The van der Waals surface area contributed by atoms with Crippen molar-refractivity contribution < 1.29 is 17.9 Å². The van der Waals surface area contributed by atoms with Crippen LogP contribution in [0.15, 0.2) is 0 Å². The summed E-state index contributed by atoms with van der Waals surface area (Å²) in [6, 6.07) is 0. The normalized spacial score (nSPS) is 14.4. The summed E-state index contributed by atoms with van der Waals surface area (Å²) < 4.78 is 41.0. The highest BCUT2D eigenvalue weighted by atomic mass is 32.1. The molecule has 0 saturated carbocycles. The summed E-state index contributed by atoms with van der Waals surface area (Å²) in [7, 11) is 4.63. The van der Waals surface area contributed by atoms with E-state index in [9.17, 15) is 13.2 Å². The van der Waals surface area contributed by atoms with Crippen molar-refractivity contribution in [2.24, 2.45) is 0 Å². The second-order valence-electron chi connectivity index (χ2n) is 2.74. The second kappa shape index (κ2) is 3.86. The third-order valence-corrected chi connectivity index (χ3v) is 2.73. The van der Waals surface area contributed by atoms with Gasteiger partial charge in [0.15, 0.2) is 6.10 Å². The molecule has 2 radical (unpaired) electrons. The summed E-state index contributed by atoms with van der Waals surface area (Å²) in [5, 5.41) is 0.559. The van der Waals surface area contributed by atoms with Crippen LogP contribution in [0.3, 0.4) is 0 Å². The van der Waals surface area contributed by atoms with Crippen LogP contribution in [0.25, 0.3) is 0 Å². The van der Waals surface area contributed by atoms with Crippen LogP contribution in [-0.2, 0) is 4.74 Å². The van der Waals surface area contributed by atoms with Gasteiger partial charge >= 0.3 is 6.18 Å². The molecule has 0 aliphatic rings. The summed E-state index contributed by atoms with van der Waals surface area (Å²) in [6.07, 6.45) is -6.58. The number of aromatic nitrogens is 1. The summed E-state index contributed by atoms with van der Waals surface area (Å²) in [5.74, 6) is 0. The van der Waals surface area contributed by atoms with E-state index in [0.29, 0.717) is 10.7 Å². The Bertz CT molecular complexity index is 321. The zero-order valence-electron chi connectivity index (χ0n) is 7.55. The van der Waals surface area contributed by atoms with E-state index in [2.05, 4.69) is 16.8 Å². The number of aryl methyl sites for hydroxylation is 2. The highest BCUT2D eigenvalue weighted by molar-refractivity contribution is 7.11. The molecule has 14 heavy (non-hydrogen) atoms. The number of hydrogen-bond acceptors (Lipinski definition) is 3. The second-order valence-corrected chi connectivity index (χ2v) is 3.98. The highest BCUT2D eigenvalue weighted by Crippen LogP contribution is 2.39. The molecule has 0 aromatic carbocycles. The van der Waals surface area contributed by atoms with Gasteiger partial charge in [0.05, 0.1) is 15.6 Å². The average Bonchev–Trinajstić information content (AvgIpc) is 2.29. The van der Waals surface area contributed by atoms with Crippen LogP contribution in [0, 0.1) is 21.0 Å². The van der Waals surface area contributed by atoms with Gasteiger partial charge in [0.1, 0.15) is 7.11 Å². The standard InChI is InChI=1S/C8H8F3NOS/c1-4-6(14-5(2)12-4)7(13-3)8(9,10)11/h3,7H,1-2H3. The fraction of sp³-hybridized carbons (Fsp3) is 0.500. The van der Waals surface area contributed by atoms with Crippen LogP contribution in [0.1, 0.15) is 21.7 Å². The van der Waals surface area contributed by atoms with Crippen molar-refractivity contribution in [2.45, 2.75) is 26.1 Å². The summed E-state index contributed by atoms with van der Waals surface area (Å²) in [6.45, 7) is 3.13. The summed E-state index contributed by atoms with van der Waals surface area (Å²) in [5.41, 5.74) is 0.306. The molecule has 1 rings (SSSR count). The topological polar surface area (TPSA) is 22.1 Å². The zero-order valence-corrected chi connectivity index (χ0v) is 8.37. The first-order chi connectivity index (χ1) is 6.36. The predicted octanol–water partition coefficient (Wildman–Crippen LogP) is 3.05. The van der Waals surface area contributed by atoms with Gasteiger partial charge in [0, 0.05) is 0 Å². The molecule has 2 nitrogen and oxygen atoms in total. The van der Waals surface area contributed by atoms with Gasteiger partial charge in [-0.25, -0.2) is 4.98 Å². The maximum atomic E-state index is 12.4. The number of thiazole rings is 1. The van der Waals surface area contributed by atoms with Crippen LogP contribution < -0.4 is 0 Å². The Hall–Kier alpha value is -0.620. The Kier molecular flexibility index (Phi) is 3.16. The van der Waals surface area contributed by atoms with Crippen LogP contribution in [0.5, 0.6) is 0 Å². The Morgan fingerprint density at radius 1 is 1.43 bits per heavy atom. The number of nitrogens with zero attached hydrogens (tertiary/aromatic N) is 1. The molecule has 78 valence electrons. The van der Waals surface area contributed by atoms with E-state index in [1.165, 1.54) is 6.92 Å². The van der Waals surface area contributed by atoms with Gasteiger partial charge < -0.3 is 4.74 Å². The first-order valence-corrected chi connectivity index (χ1v) is 4.54. The van der Waals surface area contributed by atoms with Crippen LogP contribution in [0.2, 0.25) is 0 Å². The smallest absolute Gasteiger partial charge is 0.354 e. The highest BCUT2D eigenvalue weighted by Gasteiger charge is 2.43. The predicted molar refractivity (Wildman–Crippen MR) is 45.8 cm³/mol. The lowest BCUT2D eigenvalue weighted by Gasteiger charge is -2.16. The monoisotopic (exact) mass is 223 g/mol. The average molecular weight is 223 g/mol. The minimum absolute atomic E-state index is 0.0116. The van der Waals surface area contributed by atoms with E-state index in [1.807, 2.05) is 0 Å². The van der Waals surface area contributed by atoms with Crippen LogP contribution >= 0.6 is 11.3 Å². The SMILES string of the molecule is [CH]OC(c1sc(C)nc1C)C(F)(F)F. The largest absolute Gasteiger partial charge is 0.419 e. The van der Waals surface area contributed by atoms with Gasteiger partial charge in [-0.1, -0.05) is 0 Å². The van der Waals surface area contributed by atoms with Gasteiger partial charge in [-0.15, -0.1) is 11.3 Å². The molecule has 0 amide bonds. The Labute approximate surface area is 83.7 Å². The van der Waals surface area contributed by atoms with E-state index in [4.69, 9.17) is 0 Å². The maximum absolute atomic E-state index is 12.4. The number of ether oxygens (including phenoxy) is 1. The third kappa shape index (κ3) is 2.24. The molecule has 1 heterocycles. The Morgan fingerprint density at radius 2 is 2.00 bits per heavy atom. The molecule has 1 aromatic rings.